The molecule has 1 aliphatic rings. The normalized spacial score (nSPS) is 17.8. The second-order valence-electron chi connectivity index (χ2n) is 6.08. The van der Waals surface area contributed by atoms with Crippen LogP contribution < -0.4 is 4.90 Å². The van der Waals surface area contributed by atoms with E-state index in [0.717, 1.165) is 29.1 Å². The molecule has 2 aromatic carbocycles. The molecule has 1 aromatic heterocycles. The highest BCUT2D eigenvalue weighted by atomic mass is 35.5. The second kappa shape index (κ2) is 5.95. The smallest absolute Gasteiger partial charge is 0.227 e. The topological polar surface area (TPSA) is 38.1 Å². The lowest BCUT2D eigenvalue weighted by Crippen LogP contribution is -2.24. The van der Waals surface area contributed by atoms with E-state index in [1.165, 1.54) is 0 Å². The van der Waals surface area contributed by atoms with Gasteiger partial charge >= 0.3 is 0 Å². The van der Waals surface area contributed by atoms with Gasteiger partial charge < -0.3 is 9.47 Å². The Morgan fingerprint density at radius 1 is 1.17 bits per heavy atom. The number of para-hydroxylation sites is 2. The Kier molecular flexibility index (Phi) is 3.77. The lowest BCUT2D eigenvalue weighted by Gasteiger charge is -2.17. The van der Waals surface area contributed by atoms with Crippen LogP contribution in [0.1, 0.15) is 25.1 Å². The number of benzene rings is 2. The monoisotopic (exact) mass is 339 g/mol. The van der Waals surface area contributed by atoms with Crippen LogP contribution in [-0.4, -0.2) is 22.0 Å². The fourth-order valence-electron chi connectivity index (χ4n) is 3.49. The summed E-state index contributed by atoms with van der Waals surface area (Å²) < 4.78 is 2.22. The van der Waals surface area contributed by atoms with E-state index in [4.69, 9.17) is 16.6 Å². The van der Waals surface area contributed by atoms with Crippen LogP contribution in [0.5, 0.6) is 0 Å². The molecular weight excluding hydrogens is 322 g/mol. The summed E-state index contributed by atoms with van der Waals surface area (Å²) in [7, 11) is 0. The second-order valence-corrected chi connectivity index (χ2v) is 6.52. The minimum atomic E-state index is 0.112. The zero-order valence-corrected chi connectivity index (χ0v) is 14.2. The van der Waals surface area contributed by atoms with E-state index in [0.29, 0.717) is 18.0 Å². The molecule has 122 valence electrons. The molecule has 4 nitrogen and oxygen atoms in total. The van der Waals surface area contributed by atoms with E-state index in [-0.39, 0.29) is 11.8 Å². The van der Waals surface area contributed by atoms with Crippen LogP contribution >= 0.6 is 11.6 Å². The maximum atomic E-state index is 12.5. The molecule has 0 bridgehead atoms. The molecule has 0 saturated carbocycles. The third-order valence-corrected chi connectivity index (χ3v) is 4.88. The van der Waals surface area contributed by atoms with Crippen molar-refractivity contribution < 1.29 is 4.79 Å². The van der Waals surface area contributed by atoms with Crippen LogP contribution in [0.25, 0.3) is 11.0 Å². The molecule has 1 atom stereocenters. The molecule has 1 saturated heterocycles. The maximum Gasteiger partial charge on any atom is 0.227 e. The van der Waals surface area contributed by atoms with Crippen LogP contribution in [0.2, 0.25) is 5.02 Å². The van der Waals surface area contributed by atoms with Gasteiger partial charge in [0.1, 0.15) is 5.82 Å². The Morgan fingerprint density at radius 3 is 2.67 bits per heavy atom. The summed E-state index contributed by atoms with van der Waals surface area (Å²) in [6.45, 7) is 3.62. The van der Waals surface area contributed by atoms with Gasteiger partial charge in [-0.3, -0.25) is 4.79 Å². The first-order chi connectivity index (χ1) is 11.7. The van der Waals surface area contributed by atoms with E-state index in [1.807, 2.05) is 47.4 Å². The number of fused-ring (bicyclic) bond motifs is 1. The molecule has 1 aliphatic heterocycles. The van der Waals surface area contributed by atoms with Crippen molar-refractivity contribution >= 4 is 34.2 Å². The van der Waals surface area contributed by atoms with Gasteiger partial charge in [0.2, 0.25) is 5.91 Å². The van der Waals surface area contributed by atoms with Gasteiger partial charge in [-0.05, 0) is 43.3 Å². The van der Waals surface area contributed by atoms with E-state index in [1.54, 1.807) is 0 Å². The van der Waals surface area contributed by atoms with Crippen molar-refractivity contribution in [2.24, 2.45) is 0 Å². The van der Waals surface area contributed by atoms with E-state index in [9.17, 15) is 4.79 Å². The van der Waals surface area contributed by atoms with Gasteiger partial charge in [-0.15, -0.1) is 0 Å². The molecule has 2 heterocycles. The fourth-order valence-corrected chi connectivity index (χ4v) is 3.62. The highest BCUT2D eigenvalue weighted by Gasteiger charge is 2.34. The largest absolute Gasteiger partial charge is 0.328 e. The average Bonchev–Trinajstić information content (AvgIpc) is 3.16. The number of aromatic nitrogens is 2. The third kappa shape index (κ3) is 2.47. The molecule has 0 spiro atoms. The molecule has 24 heavy (non-hydrogen) atoms. The predicted molar refractivity (Wildman–Crippen MR) is 96.6 cm³/mol. The number of hydrogen-bond donors (Lipinski definition) is 0. The van der Waals surface area contributed by atoms with Crippen molar-refractivity contribution in [3.8, 4) is 0 Å². The standard InChI is InChI=1S/C19H18ClN3O/c1-2-22-17-6-4-3-5-16(17)21-19(22)13-11-18(24)23(12-13)15-9-7-14(20)8-10-15/h3-10,13H,2,11-12H2,1H3/t13-/m1/s1. The summed E-state index contributed by atoms with van der Waals surface area (Å²) in [6, 6.07) is 15.6. The van der Waals surface area contributed by atoms with Crippen LogP contribution in [0.3, 0.4) is 0 Å². The molecule has 0 unspecified atom stereocenters. The number of carbonyl (C=O) groups is 1. The first kappa shape index (κ1) is 15.2. The average molecular weight is 340 g/mol. The van der Waals surface area contributed by atoms with Gasteiger partial charge in [0.25, 0.3) is 0 Å². The summed E-state index contributed by atoms with van der Waals surface area (Å²) in [5.74, 6) is 1.25. The van der Waals surface area contributed by atoms with Crippen molar-refractivity contribution in [3.63, 3.8) is 0 Å². The minimum Gasteiger partial charge on any atom is -0.328 e. The number of rotatable bonds is 3. The summed E-state index contributed by atoms with van der Waals surface area (Å²) in [4.78, 5) is 19.2. The van der Waals surface area contributed by atoms with E-state index >= 15 is 0 Å². The first-order valence-electron chi connectivity index (χ1n) is 8.18. The summed E-state index contributed by atoms with van der Waals surface area (Å²) in [6.07, 6.45) is 0.492. The van der Waals surface area contributed by atoms with Crippen molar-refractivity contribution in [3.05, 3.63) is 59.4 Å². The van der Waals surface area contributed by atoms with Crippen molar-refractivity contribution in [2.45, 2.75) is 25.8 Å². The van der Waals surface area contributed by atoms with Gasteiger partial charge in [0.05, 0.1) is 11.0 Å². The molecule has 4 rings (SSSR count). The van der Waals surface area contributed by atoms with Crippen LogP contribution in [0.15, 0.2) is 48.5 Å². The number of aryl methyl sites for hydroxylation is 1. The number of hydrogen-bond acceptors (Lipinski definition) is 2. The summed E-state index contributed by atoms with van der Waals surface area (Å²) >= 11 is 5.95. The molecule has 0 radical (unpaired) electrons. The lowest BCUT2D eigenvalue weighted by atomic mass is 10.1. The molecular formula is C19H18ClN3O. The van der Waals surface area contributed by atoms with Crippen LogP contribution in [-0.2, 0) is 11.3 Å². The lowest BCUT2D eigenvalue weighted by molar-refractivity contribution is -0.117. The Balaban J connectivity index is 1.69. The highest BCUT2D eigenvalue weighted by molar-refractivity contribution is 6.30. The fraction of sp³-hybridized carbons (Fsp3) is 0.263. The van der Waals surface area contributed by atoms with Gasteiger partial charge in [0, 0.05) is 36.1 Å². The van der Waals surface area contributed by atoms with E-state index in [2.05, 4.69) is 17.6 Å². The highest BCUT2D eigenvalue weighted by Crippen LogP contribution is 2.33. The summed E-state index contributed by atoms with van der Waals surface area (Å²) in [5, 5.41) is 0.676. The molecule has 0 aliphatic carbocycles. The minimum absolute atomic E-state index is 0.112. The summed E-state index contributed by atoms with van der Waals surface area (Å²) in [5.41, 5.74) is 3.02. The zero-order chi connectivity index (χ0) is 16.7. The SMILES string of the molecule is CCn1c([C@@H]2CC(=O)N(c3ccc(Cl)cc3)C2)nc2ccccc21. The Bertz CT molecular complexity index is 901. The third-order valence-electron chi connectivity index (χ3n) is 4.63. The van der Waals surface area contributed by atoms with Gasteiger partial charge in [-0.2, -0.15) is 0 Å². The number of carbonyl (C=O) groups excluding carboxylic acids is 1. The van der Waals surface area contributed by atoms with E-state index < -0.39 is 0 Å². The quantitative estimate of drug-likeness (QED) is 0.716. The van der Waals surface area contributed by atoms with Crippen molar-refractivity contribution in [1.29, 1.82) is 0 Å². The first-order valence-corrected chi connectivity index (χ1v) is 8.56. The van der Waals surface area contributed by atoms with Gasteiger partial charge in [0.15, 0.2) is 0 Å². The molecule has 3 aromatic rings. The number of anilines is 1. The van der Waals surface area contributed by atoms with Crippen LogP contribution in [0.4, 0.5) is 5.69 Å². The van der Waals surface area contributed by atoms with Crippen LogP contribution in [0, 0.1) is 0 Å². The number of nitrogens with zero attached hydrogens (tertiary/aromatic N) is 3. The predicted octanol–water partition coefficient (Wildman–Crippen LogP) is 4.23. The molecule has 1 fully saturated rings. The number of halogens is 1. The molecule has 0 N–H and O–H groups in total. The Labute approximate surface area is 145 Å². The maximum absolute atomic E-state index is 12.5. The molecule has 1 amide bonds. The number of imidazole rings is 1. The Hall–Kier alpha value is -2.33. The Morgan fingerprint density at radius 2 is 1.92 bits per heavy atom. The zero-order valence-electron chi connectivity index (χ0n) is 13.4. The van der Waals surface area contributed by atoms with Crippen molar-refractivity contribution in [1.82, 2.24) is 9.55 Å². The molecule has 5 heteroatoms. The van der Waals surface area contributed by atoms with Gasteiger partial charge in [-0.1, -0.05) is 23.7 Å². The van der Waals surface area contributed by atoms with Crippen molar-refractivity contribution in [2.75, 3.05) is 11.4 Å². The number of amides is 1. The van der Waals surface area contributed by atoms with Gasteiger partial charge in [-0.25, -0.2) is 4.98 Å².